The lowest BCUT2D eigenvalue weighted by Gasteiger charge is -2.37. The van der Waals surface area contributed by atoms with Crippen LogP contribution in [-0.4, -0.2) is 77.1 Å². The molecule has 0 spiro atoms. The number of primary amides is 1. The molecule has 1 fully saturated rings. The zero-order valence-electron chi connectivity index (χ0n) is 27.9. The third kappa shape index (κ3) is 10.4. The molecule has 0 aliphatic carbocycles. The Labute approximate surface area is 273 Å². The number of ketones is 2. The lowest BCUT2D eigenvalue weighted by atomic mass is 9.84. The van der Waals surface area contributed by atoms with Crippen LogP contribution in [0.1, 0.15) is 71.7 Å². The summed E-state index contributed by atoms with van der Waals surface area (Å²) in [5.41, 5.74) is 4.99. The number of hydrogen-bond acceptors (Lipinski definition) is 6. The van der Waals surface area contributed by atoms with Crippen molar-refractivity contribution in [3.05, 3.63) is 48.0 Å². The number of carbonyl (C=O) groups is 6. The maximum absolute atomic E-state index is 14.2. The smallest absolute Gasteiger partial charge is 0.363 e. The molecule has 2 rings (SSSR count). The summed E-state index contributed by atoms with van der Waals surface area (Å²) < 4.78 is 39.0. The van der Waals surface area contributed by atoms with Gasteiger partial charge in [-0.1, -0.05) is 91.0 Å². The van der Waals surface area contributed by atoms with Crippen LogP contribution in [0.25, 0.3) is 0 Å². The largest absolute Gasteiger partial charge is 0.389 e. The summed E-state index contributed by atoms with van der Waals surface area (Å²) >= 11 is 0. The highest BCUT2D eigenvalue weighted by molar-refractivity contribution is 6.37. The Hall–Kier alpha value is -4.23. The Morgan fingerprint density at radius 1 is 0.957 bits per heavy atom. The lowest BCUT2D eigenvalue weighted by molar-refractivity contribution is -0.147. The first-order valence-electron chi connectivity index (χ1n) is 15.4. The quantitative estimate of drug-likeness (QED) is 0.143. The number of rotatable bonds is 13. The maximum atomic E-state index is 14.2. The number of nitrogens with zero attached hydrogens (tertiary/aromatic N) is 1. The van der Waals surface area contributed by atoms with Crippen molar-refractivity contribution in [3.63, 3.8) is 0 Å². The average Bonchev–Trinajstić information content (AvgIpc) is 3.32. The molecule has 11 nitrogen and oxygen atoms in total. The highest BCUT2D eigenvalue weighted by Gasteiger charge is 2.49. The van der Waals surface area contributed by atoms with Crippen molar-refractivity contribution < 1.29 is 41.9 Å². The van der Waals surface area contributed by atoms with Crippen LogP contribution in [0.2, 0.25) is 0 Å². The third-order valence-electron chi connectivity index (χ3n) is 8.07. The van der Waals surface area contributed by atoms with Crippen LogP contribution in [0, 0.1) is 23.2 Å². The summed E-state index contributed by atoms with van der Waals surface area (Å²) in [4.78, 5) is 79.7. The molecule has 1 unspecified atom stereocenters. The first kappa shape index (κ1) is 39.0. The fourth-order valence-electron chi connectivity index (χ4n) is 5.65. The molecular formula is C33H46F3N5O6. The normalized spacial score (nSPS) is 18.8. The van der Waals surface area contributed by atoms with Gasteiger partial charge in [0.25, 0.3) is 5.91 Å². The monoisotopic (exact) mass is 665 g/mol. The standard InChI is InChI=1S/C33H46F3N5O6/c1-17(2)22-19(5)16-41(24(22)29(45)38-21(26(43)28(37)44)14-15-33(34,35)36)30(46)27(32(6,7)8)40-31(47)39-23(18(3)4)25(42)20-12-10-9-11-13-20/h9-13,17-18,21-24,27H,5,14-16H2,1-4,6-8H3,(H2,37,44)(H,38,45)(H2,39,40,47)/t21?,22-,23-,24-,27+/m0/s1. The zero-order chi connectivity index (χ0) is 36.0. The number of benzene rings is 1. The fraction of sp³-hybridized carbons (Fsp3) is 0.576. The summed E-state index contributed by atoms with van der Waals surface area (Å²) in [6.45, 7) is 16.0. The van der Waals surface area contributed by atoms with E-state index in [9.17, 15) is 41.9 Å². The lowest BCUT2D eigenvalue weighted by Crippen LogP contribution is -2.62. The topological polar surface area (TPSA) is 168 Å². The SMILES string of the molecule is C=C1CN(C(=O)[C@@H](NC(=O)N[C@H](C(=O)c2ccccc2)C(C)C)C(C)(C)C)[C@H](C(=O)NC(CCC(F)(F)F)C(=O)C(N)=O)[C@H]1C(C)C. The van der Waals surface area contributed by atoms with Gasteiger partial charge in [-0.15, -0.1) is 0 Å². The number of urea groups is 1. The van der Waals surface area contributed by atoms with Crippen molar-refractivity contribution in [2.45, 2.75) is 91.7 Å². The third-order valence-corrected chi connectivity index (χ3v) is 8.07. The molecule has 47 heavy (non-hydrogen) atoms. The van der Waals surface area contributed by atoms with E-state index in [1.165, 1.54) is 4.90 Å². The molecule has 0 saturated carbocycles. The van der Waals surface area contributed by atoms with Crippen molar-refractivity contribution in [3.8, 4) is 0 Å². The van der Waals surface area contributed by atoms with Gasteiger partial charge in [0.1, 0.15) is 12.1 Å². The molecule has 1 aliphatic heterocycles. The molecule has 260 valence electrons. The number of halogens is 3. The van der Waals surface area contributed by atoms with E-state index >= 15 is 0 Å². The minimum Gasteiger partial charge on any atom is -0.363 e. The van der Waals surface area contributed by atoms with E-state index in [0.29, 0.717) is 11.1 Å². The van der Waals surface area contributed by atoms with Gasteiger partial charge in [0.15, 0.2) is 5.78 Å². The van der Waals surface area contributed by atoms with Crippen LogP contribution in [-0.2, 0) is 19.2 Å². The number of Topliss-reactive ketones (excluding diaryl/α,β-unsaturated/α-hetero) is 2. The first-order valence-corrected chi connectivity index (χ1v) is 15.4. The number of amides is 5. The van der Waals surface area contributed by atoms with Crippen molar-refractivity contribution >= 4 is 35.3 Å². The summed E-state index contributed by atoms with van der Waals surface area (Å²) in [7, 11) is 0. The Balaban J connectivity index is 2.41. The van der Waals surface area contributed by atoms with Gasteiger partial charge in [0, 0.05) is 24.4 Å². The van der Waals surface area contributed by atoms with Crippen LogP contribution in [0.4, 0.5) is 18.0 Å². The van der Waals surface area contributed by atoms with E-state index in [-0.39, 0.29) is 24.2 Å². The molecule has 0 aromatic heterocycles. The van der Waals surface area contributed by atoms with Crippen molar-refractivity contribution in [2.75, 3.05) is 6.54 Å². The molecule has 14 heteroatoms. The van der Waals surface area contributed by atoms with Crippen LogP contribution in [0.15, 0.2) is 42.5 Å². The molecule has 1 aromatic rings. The number of carbonyl (C=O) groups excluding carboxylic acids is 6. The van der Waals surface area contributed by atoms with Crippen molar-refractivity contribution in [1.29, 1.82) is 0 Å². The highest BCUT2D eigenvalue weighted by Crippen LogP contribution is 2.36. The maximum Gasteiger partial charge on any atom is 0.389 e. The molecule has 1 heterocycles. The van der Waals surface area contributed by atoms with Crippen LogP contribution >= 0.6 is 0 Å². The molecule has 5 atom stereocenters. The van der Waals surface area contributed by atoms with Gasteiger partial charge in [0.05, 0.1) is 12.1 Å². The molecule has 1 saturated heterocycles. The van der Waals surface area contributed by atoms with Gasteiger partial charge < -0.3 is 26.6 Å². The highest BCUT2D eigenvalue weighted by atomic mass is 19.4. The zero-order valence-corrected chi connectivity index (χ0v) is 27.9. The predicted molar refractivity (Wildman–Crippen MR) is 169 cm³/mol. The second kappa shape index (κ2) is 15.6. The van der Waals surface area contributed by atoms with Crippen LogP contribution in [0.3, 0.4) is 0 Å². The number of hydrogen-bond donors (Lipinski definition) is 4. The van der Waals surface area contributed by atoms with Gasteiger partial charge in [-0.2, -0.15) is 13.2 Å². The van der Waals surface area contributed by atoms with E-state index in [0.717, 1.165) is 0 Å². The minimum atomic E-state index is -4.68. The molecule has 5 N–H and O–H groups in total. The van der Waals surface area contributed by atoms with Gasteiger partial charge in [0.2, 0.25) is 17.6 Å². The predicted octanol–water partition coefficient (Wildman–Crippen LogP) is 3.53. The molecule has 1 aliphatic rings. The van der Waals surface area contributed by atoms with Crippen molar-refractivity contribution in [2.24, 2.45) is 28.9 Å². The number of likely N-dealkylation sites (tertiary alicyclic amines) is 1. The van der Waals surface area contributed by atoms with E-state index < -0.39 is 84.1 Å². The molecule has 5 amide bonds. The Morgan fingerprint density at radius 2 is 1.53 bits per heavy atom. The van der Waals surface area contributed by atoms with E-state index in [1.54, 1.807) is 78.8 Å². The van der Waals surface area contributed by atoms with E-state index in [2.05, 4.69) is 22.5 Å². The number of nitrogens with two attached hydrogens (primary N) is 1. The van der Waals surface area contributed by atoms with E-state index in [4.69, 9.17) is 5.73 Å². The Kier molecular flexibility index (Phi) is 12.9. The first-order chi connectivity index (χ1) is 21.6. The number of nitrogens with one attached hydrogen (secondary N) is 3. The van der Waals surface area contributed by atoms with Crippen LogP contribution in [0.5, 0.6) is 0 Å². The van der Waals surface area contributed by atoms with Crippen molar-refractivity contribution in [1.82, 2.24) is 20.9 Å². The molecular weight excluding hydrogens is 619 g/mol. The Bertz CT molecular complexity index is 1360. The molecule has 1 aromatic carbocycles. The summed E-state index contributed by atoms with van der Waals surface area (Å²) in [5.74, 6) is -6.18. The summed E-state index contributed by atoms with van der Waals surface area (Å²) in [5, 5.41) is 7.55. The molecule has 0 radical (unpaired) electrons. The molecule has 0 bridgehead atoms. The van der Waals surface area contributed by atoms with Gasteiger partial charge >= 0.3 is 12.2 Å². The average molecular weight is 666 g/mol. The second-order valence-electron chi connectivity index (χ2n) is 13.7. The van der Waals surface area contributed by atoms with Gasteiger partial charge in [-0.3, -0.25) is 24.0 Å². The van der Waals surface area contributed by atoms with Gasteiger partial charge in [-0.25, -0.2) is 4.79 Å². The van der Waals surface area contributed by atoms with E-state index in [1.807, 2.05) is 0 Å². The fourth-order valence-corrected chi connectivity index (χ4v) is 5.65. The minimum absolute atomic E-state index is 0.117. The summed E-state index contributed by atoms with van der Waals surface area (Å²) in [6, 6.07) is 2.21. The number of alkyl halides is 3. The second-order valence-corrected chi connectivity index (χ2v) is 13.7. The van der Waals surface area contributed by atoms with Crippen LogP contribution < -0.4 is 21.7 Å². The summed E-state index contributed by atoms with van der Waals surface area (Å²) in [6.07, 6.45) is -7.09. The van der Waals surface area contributed by atoms with Gasteiger partial charge in [-0.05, 0) is 23.7 Å². The Morgan fingerprint density at radius 3 is 2.00 bits per heavy atom.